The normalized spacial score (nSPS) is 11.7. The molecule has 0 aliphatic heterocycles. The number of ether oxygens (including phenoxy) is 1. The number of hydrogen-bond acceptors (Lipinski definition) is 3. The van der Waals surface area contributed by atoms with Crippen LogP contribution in [0.15, 0.2) is 30.3 Å². The molecule has 6 heteroatoms. The summed E-state index contributed by atoms with van der Waals surface area (Å²) in [5.41, 5.74) is 0.766. The smallest absolute Gasteiger partial charge is 0.315 e. The van der Waals surface area contributed by atoms with Crippen molar-refractivity contribution in [1.29, 1.82) is 0 Å². The van der Waals surface area contributed by atoms with E-state index in [9.17, 15) is 9.59 Å². The van der Waals surface area contributed by atoms with Gasteiger partial charge >= 0.3 is 12.0 Å². The molecule has 0 aromatic heterocycles. The van der Waals surface area contributed by atoms with E-state index in [4.69, 9.17) is 9.84 Å². The molecule has 3 N–H and O–H groups in total. The summed E-state index contributed by atoms with van der Waals surface area (Å²) >= 11 is 0. The molecule has 0 spiro atoms. The van der Waals surface area contributed by atoms with Gasteiger partial charge in [0.1, 0.15) is 0 Å². The molecule has 20 heavy (non-hydrogen) atoms. The SMILES string of the molecule is COCCCNC(=O)NC(CC(=O)O)c1ccccc1. The van der Waals surface area contributed by atoms with Gasteiger partial charge in [-0.15, -0.1) is 0 Å². The molecule has 0 saturated heterocycles. The third kappa shape index (κ3) is 6.19. The van der Waals surface area contributed by atoms with E-state index in [0.717, 1.165) is 5.56 Å². The van der Waals surface area contributed by atoms with Crippen molar-refractivity contribution in [3.8, 4) is 0 Å². The Morgan fingerprint density at radius 2 is 2.00 bits per heavy atom. The standard InChI is InChI=1S/C14H20N2O4/c1-20-9-5-8-15-14(19)16-12(10-13(17)18)11-6-3-2-4-7-11/h2-4,6-7,12H,5,8-10H2,1H3,(H,17,18)(H2,15,16,19). The van der Waals surface area contributed by atoms with Crippen LogP contribution < -0.4 is 10.6 Å². The number of methoxy groups -OCH3 is 1. The van der Waals surface area contributed by atoms with Gasteiger partial charge in [0.05, 0.1) is 12.5 Å². The molecule has 0 bridgehead atoms. The lowest BCUT2D eigenvalue weighted by Gasteiger charge is -2.17. The summed E-state index contributed by atoms with van der Waals surface area (Å²) in [4.78, 5) is 22.6. The van der Waals surface area contributed by atoms with Gasteiger partial charge in [-0.2, -0.15) is 0 Å². The van der Waals surface area contributed by atoms with E-state index >= 15 is 0 Å². The number of carbonyl (C=O) groups is 2. The quantitative estimate of drug-likeness (QED) is 0.630. The predicted molar refractivity (Wildman–Crippen MR) is 74.5 cm³/mol. The minimum Gasteiger partial charge on any atom is -0.481 e. The summed E-state index contributed by atoms with van der Waals surface area (Å²) in [7, 11) is 1.60. The number of carboxylic acids is 1. The van der Waals surface area contributed by atoms with Gasteiger partial charge in [-0.25, -0.2) is 4.79 Å². The van der Waals surface area contributed by atoms with E-state index < -0.39 is 12.0 Å². The van der Waals surface area contributed by atoms with Crippen LogP contribution in [0.2, 0.25) is 0 Å². The van der Waals surface area contributed by atoms with Crippen molar-refractivity contribution in [2.24, 2.45) is 0 Å². The molecule has 110 valence electrons. The molecule has 0 aliphatic rings. The zero-order valence-electron chi connectivity index (χ0n) is 11.5. The van der Waals surface area contributed by atoms with Gasteiger partial charge < -0.3 is 20.5 Å². The third-order valence-corrected chi connectivity index (χ3v) is 2.70. The van der Waals surface area contributed by atoms with Crippen molar-refractivity contribution in [3.63, 3.8) is 0 Å². The van der Waals surface area contributed by atoms with Crippen molar-refractivity contribution in [3.05, 3.63) is 35.9 Å². The monoisotopic (exact) mass is 280 g/mol. The Hall–Kier alpha value is -2.08. The van der Waals surface area contributed by atoms with Gasteiger partial charge in [0.25, 0.3) is 0 Å². The summed E-state index contributed by atoms with van der Waals surface area (Å²) in [6, 6.07) is 8.11. The van der Waals surface area contributed by atoms with Crippen LogP contribution >= 0.6 is 0 Å². The molecule has 0 radical (unpaired) electrons. The first-order chi connectivity index (χ1) is 9.63. The Kier molecular flexibility index (Phi) is 7.13. The van der Waals surface area contributed by atoms with Crippen molar-refractivity contribution in [2.75, 3.05) is 20.3 Å². The van der Waals surface area contributed by atoms with Gasteiger partial charge in [0, 0.05) is 20.3 Å². The van der Waals surface area contributed by atoms with Gasteiger partial charge in [-0.1, -0.05) is 30.3 Å². The zero-order valence-corrected chi connectivity index (χ0v) is 11.5. The topological polar surface area (TPSA) is 87.7 Å². The second-order valence-corrected chi connectivity index (χ2v) is 4.31. The van der Waals surface area contributed by atoms with E-state index in [1.54, 1.807) is 19.2 Å². The van der Waals surface area contributed by atoms with Gasteiger partial charge in [0.2, 0.25) is 0 Å². The van der Waals surface area contributed by atoms with Gasteiger partial charge in [0.15, 0.2) is 0 Å². The highest BCUT2D eigenvalue weighted by Gasteiger charge is 2.17. The summed E-state index contributed by atoms with van der Waals surface area (Å²) in [5, 5.41) is 14.3. The first kappa shape index (κ1) is 16.0. The molecule has 0 heterocycles. The lowest BCUT2D eigenvalue weighted by atomic mass is 10.0. The Morgan fingerprint density at radius 1 is 1.30 bits per heavy atom. The van der Waals surface area contributed by atoms with Crippen LogP contribution in [0.3, 0.4) is 0 Å². The average Bonchev–Trinajstić information content (AvgIpc) is 2.43. The van der Waals surface area contributed by atoms with Crippen molar-refractivity contribution in [2.45, 2.75) is 18.9 Å². The van der Waals surface area contributed by atoms with Crippen LogP contribution in [0.1, 0.15) is 24.4 Å². The maximum absolute atomic E-state index is 11.7. The number of nitrogens with one attached hydrogen (secondary N) is 2. The molecule has 0 fully saturated rings. The van der Waals surface area contributed by atoms with Crippen LogP contribution in [0.25, 0.3) is 0 Å². The third-order valence-electron chi connectivity index (χ3n) is 2.70. The number of urea groups is 1. The minimum atomic E-state index is -0.960. The highest BCUT2D eigenvalue weighted by Crippen LogP contribution is 2.16. The minimum absolute atomic E-state index is 0.157. The summed E-state index contributed by atoms with van der Waals surface area (Å²) < 4.78 is 4.88. The molecule has 1 unspecified atom stereocenters. The summed E-state index contributed by atoms with van der Waals surface area (Å²) in [6.07, 6.45) is 0.550. The first-order valence-electron chi connectivity index (χ1n) is 6.43. The maximum Gasteiger partial charge on any atom is 0.315 e. The van der Waals surface area contributed by atoms with Crippen LogP contribution in [0.4, 0.5) is 4.79 Å². The van der Waals surface area contributed by atoms with E-state index in [2.05, 4.69) is 10.6 Å². The Bertz CT molecular complexity index is 422. The van der Waals surface area contributed by atoms with Crippen LogP contribution in [-0.2, 0) is 9.53 Å². The fourth-order valence-electron chi connectivity index (χ4n) is 1.74. The number of rotatable bonds is 8. The molecule has 1 rings (SSSR count). The molecular weight excluding hydrogens is 260 g/mol. The zero-order chi connectivity index (χ0) is 14.8. The Balaban J connectivity index is 2.52. The molecule has 1 aromatic rings. The molecule has 0 saturated carbocycles. The van der Waals surface area contributed by atoms with E-state index in [-0.39, 0.29) is 12.5 Å². The number of hydrogen-bond donors (Lipinski definition) is 3. The molecule has 1 atom stereocenters. The molecule has 1 aromatic carbocycles. The number of aliphatic carboxylic acids is 1. The molecule has 0 aliphatic carbocycles. The maximum atomic E-state index is 11.7. The molecular formula is C14H20N2O4. The highest BCUT2D eigenvalue weighted by molar-refractivity contribution is 5.76. The highest BCUT2D eigenvalue weighted by atomic mass is 16.5. The van der Waals surface area contributed by atoms with Crippen molar-refractivity contribution in [1.82, 2.24) is 10.6 Å². The fraction of sp³-hybridized carbons (Fsp3) is 0.429. The van der Waals surface area contributed by atoms with E-state index in [1.165, 1.54) is 0 Å². The number of benzene rings is 1. The lowest BCUT2D eigenvalue weighted by Crippen LogP contribution is -2.39. The average molecular weight is 280 g/mol. The number of amides is 2. The molecule has 2 amide bonds. The van der Waals surface area contributed by atoms with Crippen LogP contribution in [0, 0.1) is 0 Å². The second-order valence-electron chi connectivity index (χ2n) is 4.31. The van der Waals surface area contributed by atoms with E-state index in [0.29, 0.717) is 19.6 Å². The van der Waals surface area contributed by atoms with Crippen molar-refractivity contribution >= 4 is 12.0 Å². The molecule has 6 nitrogen and oxygen atoms in total. The summed E-state index contributed by atoms with van der Waals surface area (Å²) in [5.74, 6) is -0.960. The van der Waals surface area contributed by atoms with Gasteiger partial charge in [-0.3, -0.25) is 4.79 Å². The van der Waals surface area contributed by atoms with Crippen molar-refractivity contribution < 1.29 is 19.4 Å². The Labute approximate surface area is 118 Å². The first-order valence-corrected chi connectivity index (χ1v) is 6.43. The van der Waals surface area contributed by atoms with Crippen LogP contribution in [-0.4, -0.2) is 37.4 Å². The second kappa shape index (κ2) is 8.92. The largest absolute Gasteiger partial charge is 0.481 e. The van der Waals surface area contributed by atoms with E-state index in [1.807, 2.05) is 18.2 Å². The predicted octanol–water partition coefficient (Wildman–Crippen LogP) is 1.54. The lowest BCUT2D eigenvalue weighted by molar-refractivity contribution is -0.137. The number of carbonyl (C=O) groups excluding carboxylic acids is 1. The number of carboxylic acid groups (broad SMARTS) is 1. The van der Waals surface area contributed by atoms with Gasteiger partial charge in [-0.05, 0) is 12.0 Å². The Morgan fingerprint density at radius 3 is 2.60 bits per heavy atom. The van der Waals surface area contributed by atoms with Crippen LogP contribution in [0.5, 0.6) is 0 Å². The summed E-state index contributed by atoms with van der Waals surface area (Å²) in [6.45, 7) is 1.05. The fourth-order valence-corrected chi connectivity index (χ4v) is 1.74.